The lowest BCUT2D eigenvalue weighted by molar-refractivity contribution is -0.114. The Bertz CT molecular complexity index is 844. The number of aryl methyl sites for hydroxylation is 1. The predicted octanol–water partition coefficient (Wildman–Crippen LogP) is 0.863. The number of nitrogen functional groups attached to an aromatic ring is 1. The van der Waals surface area contributed by atoms with Crippen molar-refractivity contribution in [3.63, 3.8) is 0 Å². The topological polar surface area (TPSA) is 92.9 Å². The number of hydrogen-bond donors (Lipinski definition) is 3. The minimum absolute atomic E-state index is 0. The van der Waals surface area contributed by atoms with Crippen LogP contribution in [0.3, 0.4) is 0 Å². The average Bonchev–Trinajstić information content (AvgIpc) is 3.07. The number of carbonyl (C=O) groups is 1. The Morgan fingerprint density at radius 2 is 1.88 bits per heavy atom. The zero-order valence-electron chi connectivity index (χ0n) is 13.0. The number of nitrogens with two attached hydrogens (primary N) is 1. The number of halogens is 1. The zero-order chi connectivity index (χ0) is 16.4. The third-order valence-electron chi connectivity index (χ3n) is 2.98. The molecule has 3 aromatic rings. The lowest BCUT2D eigenvalue weighted by Gasteiger charge is -2.02. The summed E-state index contributed by atoms with van der Waals surface area (Å²) in [6.07, 6.45) is 0. The molecule has 1 aromatic carbocycles. The molecule has 0 aliphatic carbocycles. The monoisotopic (exact) mass is 424 g/mol. The summed E-state index contributed by atoms with van der Waals surface area (Å²) in [5.41, 5.74) is 9.03. The van der Waals surface area contributed by atoms with Crippen LogP contribution in [0.2, 0.25) is 0 Å². The van der Waals surface area contributed by atoms with Crippen LogP contribution in [-0.4, -0.2) is 15.9 Å². The van der Waals surface area contributed by atoms with Crippen LogP contribution in [0.15, 0.2) is 29.6 Å². The number of hydrogen-bond acceptors (Lipinski definition) is 7. The molecule has 24 heavy (non-hydrogen) atoms. The van der Waals surface area contributed by atoms with Gasteiger partial charge >= 0.3 is 0 Å². The Hall–Kier alpha value is -1.97. The number of thiazole rings is 2. The molecule has 3 rings (SSSR count). The molecule has 0 aliphatic heterocycles. The molecule has 6 nitrogen and oxygen atoms in total. The Balaban J connectivity index is 0.00000208. The summed E-state index contributed by atoms with van der Waals surface area (Å²) in [5.74, 6) is -0.130. The predicted molar refractivity (Wildman–Crippen MR) is 96.4 cm³/mol. The van der Waals surface area contributed by atoms with Crippen LogP contribution in [0.25, 0.3) is 10.6 Å². The van der Waals surface area contributed by atoms with Crippen LogP contribution >= 0.6 is 22.7 Å². The molecule has 0 unspecified atom stereocenters. The molecule has 1 amide bonds. The van der Waals surface area contributed by atoms with Crippen LogP contribution in [0.4, 0.5) is 21.6 Å². The number of nitrogens with zero attached hydrogens (tertiary/aromatic N) is 2. The van der Waals surface area contributed by atoms with Gasteiger partial charge in [-0.2, -0.15) is 0 Å². The van der Waals surface area contributed by atoms with Crippen LogP contribution < -0.4 is 33.3 Å². The van der Waals surface area contributed by atoms with E-state index < -0.39 is 0 Å². The van der Waals surface area contributed by atoms with Gasteiger partial charge in [-0.1, -0.05) is 11.3 Å². The van der Waals surface area contributed by atoms with Gasteiger partial charge in [0.15, 0.2) is 10.3 Å². The van der Waals surface area contributed by atoms with E-state index in [9.17, 15) is 4.79 Å². The quantitative estimate of drug-likeness (QED) is 0.540. The van der Waals surface area contributed by atoms with Crippen LogP contribution in [-0.2, 0) is 4.79 Å². The van der Waals surface area contributed by atoms with Crippen molar-refractivity contribution in [1.82, 2.24) is 9.97 Å². The average molecular weight is 425 g/mol. The Morgan fingerprint density at radius 1 is 1.17 bits per heavy atom. The van der Waals surface area contributed by atoms with Gasteiger partial charge in [-0.05, 0) is 31.2 Å². The van der Waals surface area contributed by atoms with E-state index in [1.165, 1.54) is 29.6 Å². The first-order valence-electron chi connectivity index (χ1n) is 6.85. The molecule has 4 N–H and O–H groups in total. The van der Waals surface area contributed by atoms with Gasteiger partial charge in [-0.25, -0.2) is 9.97 Å². The second kappa shape index (κ2) is 7.73. The number of aromatic nitrogens is 2. The van der Waals surface area contributed by atoms with Gasteiger partial charge in [-0.3, -0.25) is 4.79 Å². The third kappa shape index (κ3) is 4.31. The molecular formula is C15H15BrN5OS2-. The number of rotatable bonds is 4. The largest absolute Gasteiger partial charge is 1.00 e. The molecule has 0 fully saturated rings. The summed E-state index contributed by atoms with van der Waals surface area (Å²) in [5, 5.41) is 9.30. The van der Waals surface area contributed by atoms with Crippen molar-refractivity contribution < 1.29 is 21.8 Å². The van der Waals surface area contributed by atoms with E-state index in [-0.39, 0.29) is 22.9 Å². The highest BCUT2D eigenvalue weighted by molar-refractivity contribution is 7.20. The summed E-state index contributed by atoms with van der Waals surface area (Å²) in [6, 6.07) is 7.49. The summed E-state index contributed by atoms with van der Waals surface area (Å²) in [4.78, 5) is 21.0. The zero-order valence-corrected chi connectivity index (χ0v) is 16.2. The number of carbonyl (C=O) groups excluding carboxylic acids is 1. The molecule has 0 radical (unpaired) electrons. The Kier molecular flexibility index (Phi) is 5.92. The number of amides is 1. The normalized spacial score (nSPS) is 10.1. The van der Waals surface area contributed by atoms with E-state index >= 15 is 0 Å². The summed E-state index contributed by atoms with van der Waals surface area (Å²) in [7, 11) is 0. The second-order valence-corrected chi connectivity index (χ2v) is 6.76. The Labute approximate surface area is 157 Å². The molecule has 0 bridgehead atoms. The van der Waals surface area contributed by atoms with Crippen LogP contribution in [0.5, 0.6) is 0 Å². The standard InChI is InChI=1S/C15H15N5OS2.BrH/c1-8-13(23-15(17-8)18-9(2)21)12-7-22-14(20-12)19-11-5-3-10(16)4-6-11;/h3-7H,16H2,1-2H3,(H,19,20)(H,17,18,21);1H/p-1. The maximum absolute atomic E-state index is 11.1. The van der Waals surface area contributed by atoms with Gasteiger partial charge in [0, 0.05) is 23.7 Å². The third-order valence-corrected chi connectivity index (χ3v) is 4.83. The van der Waals surface area contributed by atoms with Crippen molar-refractivity contribution in [3.05, 3.63) is 35.3 Å². The fourth-order valence-electron chi connectivity index (χ4n) is 1.96. The van der Waals surface area contributed by atoms with Crippen molar-refractivity contribution in [2.45, 2.75) is 13.8 Å². The minimum atomic E-state index is -0.130. The summed E-state index contributed by atoms with van der Waals surface area (Å²) >= 11 is 2.93. The highest BCUT2D eigenvalue weighted by Gasteiger charge is 2.13. The van der Waals surface area contributed by atoms with Crippen molar-refractivity contribution in [3.8, 4) is 10.6 Å². The van der Waals surface area contributed by atoms with Crippen LogP contribution in [0, 0.1) is 6.92 Å². The van der Waals surface area contributed by atoms with E-state index in [1.807, 2.05) is 36.6 Å². The molecule has 0 spiro atoms. The molecule has 2 heterocycles. The number of nitrogens with one attached hydrogen (secondary N) is 2. The molecule has 126 valence electrons. The van der Waals surface area contributed by atoms with E-state index in [1.54, 1.807) is 0 Å². The van der Waals surface area contributed by atoms with Gasteiger partial charge < -0.3 is 33.3 Å². The molecular weight excluding hydrogens is 410 g/mol. The molecule has 0 atom stereocenters. The van der Waals surface area contributed by atoms with Gasteiger partial charge in [0.05, 0.1) is 16.3 Å². The van der Waals surface area contributed by atoms with Gasteiger partial charge in [0.25, 0.3) is 0 Å². The molecule has 0 saturated heterocycles. The first kappa shape index (κ1) is 18.4. The maximum Gasteiger partial charge on any atom is 0.223 e. The van der Waals surface area contributed by atoms with Crippen molar-refractivity contribution in [1.29, 1.82) is 0 Å². The fraction of sp³-hybridized carbons (Fsp3) is 0.133. The highest BCUT2D eigenvalue weighted by Crippen LogP contribution is 2.35. The molecule has 0 aliphatic rings. The van der Waals surface area contributed by atoms with Crippen molar-refractivity contribution >= 4 is 50.2 Å². The van der Waals surface area contributed by atoms with Crippen molar-refractivity contribution in [2.24, 2.45) is 0 Å². The van der Waals surface area contributed by atoms with E-state index in [4.69, 9.17) is 5.73 Å². The van der Waals surface area contributed by atoms with Gasteiger partial charge in [0.2, 0.25) is 5.91 Å². The van der Waals surface area contributed by atoms with Gasteiger partial charge in [-0.15, -0.1) is 11.3 Å². The van der Waals surface area contributed by atoms with Crippen LogP contribution in [0.1, 0.15) is 12.6 Å². The van der Waals surface area contributed by atoms with E-state index in [0.717, 1.165) is 32.8 Å². The lowest BCUT2D eigenvalue weighted by atomic mass is 10.3. The molecule has 9 heteroatoms. The minimum Gasteiger partial charge on any atom is -1.00 e. The number of anilines is 4. The summed E-state index contributed by atoms with van der Waals surface area (Å²) in [6.45, 7) is 3.37. The Morgan fingerprint density at radius 3 is 2.54 bits per heavy atom. The van der Waals surface area contributed by atoms with E-state index in [2.05, 4.69) is 20.6 Å². The van der Waals surface area contributed by atoms with Crippen molar-refractivity contribution in [2.75, 3.05) is 16.4 Å². The van der Waals surface area contributed by atoms with Gasteiger partial charge in [0.1, 0.15) is 0 Å². The smallest absolute Gasteiger partial charge is 0.223 e. The molecule has 0 saturated carbocycles. The fourth-order valence-corrected chi connectivity index (χ4v) is 3.73. The maximum atomic E-state index is 11.1. The molecule has 2 aromatic heterocycles. The second-order valence-electron chi connectivity index (χ2n) is 4.90. The summed E-state index contributed by atoms with van der Waals surface area (Å²) < 4.78 is 0. The first-order valence-corrected chi connectivity index (χ1v) is 8.54. The highest BCUT2D eigenvalue weighted by atomic mass is 79.9. The SMILES string of the molecule is CC(=O)Nc1nc(C)c(-c2csc(Nc3ccc(N)cc3)n2)s1.[Br-]. The first-order chi connectivity index (χ1) is 11.0. The number of benzene rings is 1. The lowest BCUT2D eigenvalue weighted by Crippen LogP contribution is -3.00. The van der Waals surface area contributed by atoms with E-state index in [0.29, 0.717) is 5.13 Å².